The van der Waals surface area contributed by atoms with Crippen LogP contribution in [0.1, 0.15) is 28.5 Å². The zero-order valence-electron chi connectivity index (χ0n) is 13.4. The highest BCUT2D eigenvalue weighted by molar-refractivity contribution is 9.10. The zero-order chi connectivity index (χ0) is 17.3. The van der Waals surface area contributed by atoms with E-state index in [1.54, 1.807) is 24.3 Å². The van der Waals surface area contributed by atoms with E-state index in [4.69, 9.17) is 0 Å². The fraction of sp³-hybridized carbons (Fsp3) is 0.158. The summed E-state index contributed by atoms with van der Waals surface area (Å²) in [6, 6.07) is 12.9. The molecule has 0 unspecified atom stereocenters. The van der Waals surface area contributed by atoms with E-state index in [1.807, 2.05) is 25.1 Å². The number of hydrogen-bond donors (Lipinski definition) is 2. The summed E-state index contributed by atoms with van der Waals surface area (Å²) in [5.74, 6) is -0.0811. The molecule has 2 aromatic carbocycles. The van der Waals surface area contributed by atoms with Gasteiger partial charge in [-0.3, -0.25) is 9.59 Å². The molecule has 0 aliphatic carbocycles. The first-order valence-corrected chi connectivity index (χ1v) is 8.41. The molecule has 1 amide bonds. The van der Waals surface area contributed by atoms with E-state index in [-0.39, 0.29) is 18.1 Å². The van der Waals surface area contributed by atoms with Crippen molar-refractivity contribution in [1.82, 2.24) is 4.98 Å². The highest BCUT2D eigenvalue weighted by atomic mass is 79.9. The molecule has 0 aliphatic rings. The number of anilines is 1. The summed E-state index contributed by atoms with van der Waals surface area (Å²) in [6.45, 7) is 3.49. The Balaban J connectivity index is 1.78. The van der Waals surface area contributed by atoms with Gasteiger partial charge in [-0.2, -0.15) is 0 Å². The van der Waals surface area contributed by atoms with Crippen molar-refractivity contribution in [1.29, 1.82) is 0 Å². The van der Waals surface area contributed by atoms with Gasteiger partial charge in [0, 0.05) is 32.3 Å². The SMILES string of the molecule is CC(=O)c1ccc(NC(=O)Cc2c(C)[nH]c3ccc(Br)cc23)cc1. The van der Waals surface area contributed by atoms with Crippen LogP contribution in [0, 0.1) is 6.92 Å². The van der Waals surface area contributed by atoms with Gasteiger partial charge < -0.3 is 10.3 Å². The van der Waals surface area contributed by atoms with Crippen LogP contribution in [0.3, 0.4) is 0 Å². The predicted octanol–water partition coefficient (Wildman–Crippen LogP) is 4.62. The van der Waals surface area contributed by atoms with Crippen LogP contribution in [0.5, 0.6) is 0 Å². The molecule has 5 heteroatoms. The summed E-state index contributed by atoms with van der Waals surface area (Å²) in [5, 5.41) is 3.92. The number of nitrogens with one attached hydrogen (secondary N) is 2. The smallest absolute Gasteiger partial charge is 0.228 e. The number of aromatic nitrogens is 1. The van der Waals surface area contributed by atoms with Crippen LogP contribution in [0.2, 0.25) is 0 Å². The summed E-state index contributed by atoms with van der Waals surface area (Å²) < 4.78 is 0.982. The Labute approximate surface area is 148 Å². The van der Waals surface area contributed by atoms with E-state index in [2.05, 4.69) is 26.2 Å². The molecule has 24 heavy (non-hydrogen) atoms. The fourth-order valence-corrected chi connectivity index (χ4v) is 3.10. The molecular weight excluding hydrogens is 368 g/mol. The Morgan fingerprint density at radius 3 is 2.50 bits per heavy atom. The molecule has 122 valence electrons. The number of ketones is 1. The number of hydrogen-bond acceptors (Lipinski definition) is 2. The van der Waals surface area contributed by atoms with E-state index in [1.165, 1.54) is 6.92 Å². The third-order valence-electron chi connectivity index (χ3n) is 3.99. The Hall–Kier alpha value is -2.40. The lowest BCUT2D eigenvalue weighted by Gasteiger charge is -2.06. The number of aryl methyl sites for hydroxylation is 1. The molecule has 0 aliphatic heterocycles. The van der Waals surface area contributed by atoms with Crippen LogP contribution in [-0.4, -0.2) is 16.7 Å². The van der Waals surface area contributed by atoms with Crippen molar-refractivity contribution < 1.29 is 9.59 Å². The molecule has 1 heterocycles. The molecule has 2 N–H and O–H groups in total. The number of Topliss-reactive ketones (excluding diaryl/α,β-unsaturated/α-hetero) is 1. The monoisotopic (exact) mass is 384 g/mol. The molecule has 0 saturated carbocycles. The van der Waals surface area contributed by atoms with Crippen LogP contribution in [-0.2, 0) is 11.2 Å². The maximum atomic E-state index is 12.4. The van der Waals surface area contributed by atoms with Crippen LogP contribution < -0.4 is 5.32 Å². The number of fused-ring (bicyclic) bond motifs is 1. The van der Waals surface area contributed by atoms with E-state index in [0.717, 1.165) is 26.6 Å². The topological polar surface area (TPSA) is 62.0 Å². The quantitative estimate of drug-likeness (QED) is 0.644. The van der Waals surface area contributed by atoms with Crippen LogP contribution in [0.4, 0.5) is 5.69 Å². The summed E-state index contributed by atoms with van der Waals surface area (Å²) in [7, 11) is 0. The standard InChI is InChI=1S/C19H17BrN2O2/c1-11-16(17-9-14(20)5-8-18(17)21-11)10-19(24)22-15-6-3-13(4-7-15)12(2)23/h3-9,21H,10H2,1-2H3,(H,22,24). The summed E-state index contributed by atoms with van der Waals surface area (Å²) in [4.78, 5) is 27.0. The number of aromatic amines is 1. The second kappa shape index (κ2) is 6.61. The number of halogens is 1. The van der Waals surface area contributed by atoms with Crippen molar-refractivity contribution in [3.8, 4) is 0 Å². The van der Waals surface area contributed by atoms with Gasteiger partial charge in [-0.05, 0) is 61.9 Å². The van der Waals surface area contributed by atoms with E-state index in [0.29, 0.717) is 11.3 Å². The normalized spacial score (nSPS) is 10.8. The number of rotatable bonds is 4. The highest BCUT2D eigenvalue weighted by Gasteiger charge is 2.13. The maximum absolute atomic E-state index is 12.4. The first-order chi connectivity index (χ1) is 11.4. The lowest BCUT2D eigenvalue weighted by atomic mass is 10.1. The van der Waals surface area contributed by atoms with E-state index < -0.39 is 0 Å². The summed E-state index contributed by atoms with van der Waals surface area (Å²) in [6.07, 6.45) is 0.288. The Morgan fingerprint density at radius 2 is 1.83 bits per heavy atom. The van der Waals surface area contributed by atoms with Crippen LogP contribution in [0.25, 0.3) is 10.9 Å². The molecule has 0 bridgehead atoms. The van der Waals surface area contributed by atoms with Crippen molar-refractivity contribution in [2.75, 3.05) is 5.32 Å². The summed E-state index contributed by atoms with van der Waals surface area (Å²) in [5.41, 5.74) is 4.31. The van der Waals surface area contributed by atoms with E-state index in [9.17, 15) is 9.59 Å². The number of amides is 1. The lowest BCUT2D eigenvalue weighted by molar-refractivity contribution is -0.115. The molecule has 0 fully saturated rings. The molecule has 3 aromatic rings. The van der Waals surface area contributed by atoms with Crippen molar-refractivity contribution in [2.45, 2.75) is 20.3 Å². The van der Waals surface area contributed by atoms with Crippen molar-refractivity contribution in [3.05, 3.63) is 63.8 Å². The predicted molar refractivity (Wildman–Crippen MR) is 99.5 cm³/mol. The van der Waals surface area contributed by atoms with Gasteiger partial charge in [-0.1, -0.05) is 15.9 Å². The van der Waals surface area contributed by atoms with Crippen LogP contribution in [0.15, 0.2) is 46.9 Å². The molecule has 0 radical (unpaired) electrons. The maximum Gasteiger partial charge on any atom is 0.228 e. The van der Waals surface area contributed by atoms with Gasteiger partial charge in [0.25, 0.3) is 0 Å². The molecule has 1 aromatic heterocycles. The minimum absolute atomic E-state index is 0.00729. The first-order valence-electron chi connectivity index (χ1n) is 7.61. The third-order valence-corrected chi connectivity index (χ3v) is 4.49. The third kappa shape index (κ3) is 3.41. The Bertz CT molecular complexity index is 926. The van der Waals surface area contributed by atoms with Gasteiger partial charge in [0.1, 0.15) is 0 Å². The Kier molecular flexibility index (Phi) is 4.53. The molecular formula is C19H17BrN2O2. The number of benzene rings is 2. The second-order valence-corrected chi connectivity index (χ2v) is 6.69. The number of H-pyrrole nitrogens is 1. The van der Waals surface area contributed by atoms with Crippen molar-refractivity contribution >= 4 is 44.2 Å². The minimum Gasteiger partial charge on any atom is -0.358 e. The van der Waals surface area contributed by atoms with Gasteiger partial charge in [-0.15, -0.1) is 0 Å². The zero-order valence-corrected chi connectivity index (χ0v) is 15.0. The summed E-state index contributed by atoms with van der Waals surface area (Å²) >= 11 is 3.47. The average molecular weight is 385 g/mol. The minimum atomic E-state index is -0.0884. The molecule has 0 atom stereocenters. The lowest BCUT2D eigenvalue weighted by Crippen LogP contribution is -2.14. The van der Waals surface area contributed by atoms with Crippen molar-refractivity contribution in [2.24, 2.45) is 0 Å². The largest absolute Gasteiger partial charge is 0.358 e. The van der Waals surface area contributed by atoms with Gasteiger partial charge in [0.2, 0.25) is 5.91 Å². The van der Waals surface area contributed by atoms with Gasteiger partial charge in [-0.25, -0.2) is 0 Å². The Morgan fingerprint density at radius 1 is 1.12 bits per heavy atom. The fourth-order valence-electron chi connectivity index (χ4n) is 2.74. The number of carbonyl (C=O) groups is 2. The highest BCUT2D eigenvalue weighted by Crippen LogP contribution is 2.26. The number of carbonyl (C=O) groups excluding carboxylic acids is 2. The molecule has 0 spiro atoms. The van der Waals surface area contributed by atoms with Gasteiger partial charge >= 0.3 is 0 Å². The first kappa shape index (κ1) is 16.5. The van der Waals surface area contributed by atoms with Gasteiger partial charge in [0.15, 0.2) is 5.78 Å². The molecule has 4 nitrogen and oxygen atoms in total. The molecule has 3 rings (SSSR count). The van der Waals surface area contributed by atoms with E-state index >= 15 is 0 Å². The second-order valence-electron chi connectivity index (χ2n) is 5.78. The van der Waals surface area contributed by atoms with Gasteiger partial charge in [0.05, 0.1) is 6.42 Å². The average Bonchev–Trinajstić information content (AvgIpc) is 2.83. The van der Waals surface area contributed by atoms with Crippen LogP contribution >= 0.6 is 15.9 Å². The van der Waals surface area contributed by atoms with Crippen molar-refractivity contribution in [3.63, 3.8) is 0 Å². The molecule has 0 saturated heterocycles.